The highest BCUT2D eigenvalue weighted by molar-refractivity contribution is 5.76. The van der Waals surface area contributed by atoms with Crippen LogP contribution in [0.25, 0.3) is 0 Å². The summed E-state index contributed by atoms with van der Waals surface area (Å²) in [5.74, 6) is 0.278. The lowest BCUT2D eigenvalue weighted by atomic mass is 10.1. The number of rotatable bonds is 6. The van der Waals surface area contributed by atoms with Gasteiger partial charge in [0, 0.05) is 26.2 Å². The number of hydrogen-bond donors (Lipinski definition) is 1. The molecule has 2 aliphatic rings. The minimum atomic E-state index is 0.173. The Bertz CT molecular complexity index is 293. The number of amides is 1. The highest BCUT2D eigenvalue weighted by Gasteiger charge is 2.24. The van der Waals surface area contributed by atoms with Gasteiger partial charge in [0.2, 0.25) is 5.91 Å². The molecule has 0 radical (unpaired) electrons. The molecule has 5 heteroatoms. The fourth-order valence-corrected chi connectivity index (χ4v) is 3.05. The number of ether oxygens (including phenoxy) is 1. The second-order valence-corrected chi connectivity index (χ2v) is 5.91. The van der Waals surface area contributed by atoms with Crippen molar-refractivity contribution in [1.29, 1.82) is 0 Å². The Morgan fingerprint density at radius 2 is 2.05 bits per heavy atom. The van der Waals surface area contributed by atoms with E-state index >= 15 is 0 Å². The van der Waals surface area contributed by atoms with Crippen molar-refractivity contribution < 1.29 is 9.53 Å². The van der Waals surface area contributed by atoms with Gasteiger partial charge in [0.1, 0.15) is 0 Å². The molecular weight excluding hydrogens is 254 g/mol. The van der Waals surface area contributed by atoms with Crippen molar-refractivity contribution in [3.63, 3.8) is 0 Å². The summed E-state index contributed by atoms with van der Waals surface area (Å²) in [7, 11) is 0. The van der Waals surface area contributed by atoms with E-state index in [0.717, 1.165) is 71.6 Å². The molecule has 1 unspecified atom stereocenters. The largest absolute Gasteiger partial charge is 0.378 e. The van der Waals surface area contributed by atoms with Crippen molar-refractivity contribution in [2.24, 2.45) is 5.73 Å². The van der Waals surface area contributed by atoms with E-state index in [1.165, 1.54) is 6.42 Å². The van der Waals surface area contributed by atoms with Crippen LogP contribution in [0.5, 0.6) is 0 Å². The first-order valence-electron chi connectivity index (χ1n) is 8.11. The molecule has 2 heterocycles. The Balaban J connectivity index is 1.69. The summed E-state index contributed by atoms with van der Waals surface area (Å²) in [6.45, 7) is 6.60. The normalized spacial score (nSPS) is 24.9. The molecule has 5 nitrogen and oxygen atoms in total. The zero-order chi connectivity index (χ0) is 14.2. The average molecular weight is 283 g/mol. The van der Waals surface area contributed by atoms with Crippen molar-refractivity contribution >= 4 is 5.91 Å². The molecule has 0 aromatic heterocycles. The molecule has 2 fully saturated rings. The molecule has 116 valence electrons. The number of nitrogens with two attached hydrogens (primary N) is 1. The lowest BCUT2D eigenvalue weighted by Gasteiger charge is -2.23. The fraction of sp³-hybridized carbons (Fsp3) is 0.933. The number of carbonyl (C=O) groups excluding carboxylic acids is 1. The lowest BCUT2D eigenvalue weighted by molar-refractivity contribution is -0.133. The molecule has 0 aromatic carbocycles. The van der Waals surface area contributed by atoms with Gasteiger partial charge in [-0.3, -0.25) is 4.79 Å². The van der Waals surface area contributed by atoms with Gasteiger partial charge >= 0.3 is 0 Å². The molecule has 0 spiro atoms. The predicted molar refractivity (Wildman–Crippen MR) is 79.5 cm³/mol. The maximum Gasteiger partial charge on any atom is 0.225 e. The number of unbranched alkanes of at least 4 members (excludes halogenated alkanes) is 1. The molecule has 20 heavy (non-hydrogen) atoms. The molecule has 0 bridgehead atoms. The zero-order valence-corrected chi connectivity index (χ0v) is 12.6. The molecule has 2 rings (SSSR count). The van der Waals surface area contributed by atoms with Gasteiger partial charge < -0.3 is 20.3 Å². The standard InChI is InChI=1S/C15H29N3O2/c16-6-1-2-7-17-8-4-9-18(11-10-17)15(19)13-14-5-3-12-20-14/h14H,1-13,16H2. The van der Waals surface area contributed by atoms with Crippen LogP contribution in [0.2, 0.25) is 0 Å². The lowest BCUT2D eigenvalue weighted by Crippen LogP contribution is -2.37. The Kier molecular flexibility index (Phi) is 6.76. The summed E-state index contributed by atoms with van der Waals surface area (Å²) in [5, 5.41) is 0. The van der Waals surface area contributed by atoms with E-state index in [0.29, 0.717) is 6.42 Å². The Morgan fingerprint density at radius 3 is 2.80 bits per heavy atom. The van der Waals surface area contributed by atoms with Crippen LogP contribution < -0.4 is 5.73 Å². The van der Waals surface area contributed by atoms with E-state index < -0.39 is 0 Å². The summed E-state index contributed by atoms with van der Waals surface area (Å²) in [6, 6.07) is 0. The number of nitrogens with zero attached hydrogens (tertiary/aromatic N) is 2. The minimum Gasteiger partial charge on any atom is -0.378 e. The first kappa shape index (κ1) is 15.7. The molecule has 1 atom stereocenters. The molecular formula is C15H29N3O2. The zero-order valence-electron chi connectivity index (χ0n) is 12.6. The SMILES string of the molecule is NCCCCN1CCCN(C(=O)CC2CCCO2)CC1. The molecule has 0 saturated carbocycles. The van der Waals surface area contributed by atoms with E-state index in [1.54, 1.807) is 0 Å². The Hall–Kier alpha value is -0.650. The highest BCUT2D eigenvalue weighted by Crippen LogP contribution is 2.17. The van der Waals surface area contributed by atoms with Gasteiger partial charge in [-0.2, -0.15) is 0 Å². The van der Waals surface area contributed by atoms with Crippen molar-refractivity contribution in [1.82, 2.24) is 9.80 Å². The van der Waals surface area contributed by atoms with Gasteiger partial charge in [0.25, 0.3) is 0 Å². The van der Waals surface area contributed by atoms with Crippen molar-refractivity contribution in [3.8, 4) is 0 Å². The second kappa shape index (κ2) is 8.60. The molecule has 0 aliphatic carbocycles. The van der Waals surface area contributed by atoms with Crippen molar-refractivity contribution in [2.75, 3.05) is 45.9 Å². The number of hydrogen-bond acceptors (Lipinski definition) is 4. The fourth-order valence-electron chi connectivity index (χ4n) is 3.05. The van der Waals surface area contributed by atoms with Crippen molar-refractivity contribution in [2.45, 2.75) is 44.6 Å². The van der Waals surface area contributed by atoms with Gasteiger partial charge in [-0.05, 0) is 51.7 Å². The third kappa shape index (κ3) is 5.04. The molecule has 2 N–H and O–H groups in total. The quantitative estimate of drug-likeness (QED) is 0.734. The smallest absolute Gasteiger partial charge is 0.225 e. The van der Waals surface area contributed by atoms with Gasteiger partial charge in [-0.1, -0.05) is 0 Å². The minimum absolute atomic E-state index is 0.173. The van der Waals surface area contributed by atoms with Gasteiger partial charge in [-0.15, -0.1) is 0 Å². The van der Waals surface area contributed by atoms with E-state index in [2.05, 4.69) is 4.90 Å². The third-order valence-corrected chi connectivity index (χ3v) is 4.30. The van der Waals surface area contributed by atoms with Crippen LogP contribution in [-0.4, -0.2) is 67.7 Å². The monoisotopic (exact) mass is 283 g/mol. The Morgan fingerprint density at radius 1 is 1.15 bits per heavy atom. The number of carbonyl (C=O) groups is 1. The van der Waals surface area contributed by atoms with E-state index in [4.69, 9.17) is 10.5 Å². The highest BCUT2D eigenvalue weighted by atomic mass is 16.5. The van der Waals surface area contributed by atoms with Crippen LogP contribution in [0.3, 0.4) is 0 Å². The molecule has 2 saturated heterocycles. The first-order chi connectivity index (χ1) is 9.79. The molecule has 0 aromatic rings. The van der Waals surface area contributed by atoms with Crippen LogP contribution in [-0.2, 0) is 9.53 Å². The van der Waals surface area contributed by atoms with Crippen molar-refractivity contribution in [3.05, 3.63) is 0 Å². The van der Waals surface area contributed by atoms with E-state index in [-0.39, 0.29) is 12.0 Å². The van der Waals surface area contributed by atoms with E-state index in [9.17, 15) is 4.79 Å². The van der Waals surface area contributed by atoms with Crippen LogP contribution in [0.1, 0.15) is 38.5 Å². The summed E-state index contributed by atoms with van der Waals surface area (Å²) in [4.78, 5) is 16.8. The second-order valence-electron chi connectivity index (χ2n) is 5.91. The van der Waals surface area contributed by atoms with Crippen LogP contribution >= 0.6 is 0 Å². The summed E-state index contributed by atoms with van der Waals surface area (Å²) < 4.78 is 5.56. The summed E-state index contributed by atoms with van der Waals surface area (Å²) in [5.41, 5.74) is 5.53. The van der Waals surface area contributed by atoms with Crippen LogP contribution in [0, 0.1) is 0 Å². The average Bonchev–Trinajstić information content (AvgIpc) is 2.83. The van der Waals surface area contributed by atoms with E-state index in [1.807, 2.05) is 4.90 Å². The maximum absolute atomic E-state index is 12.3. The first-order valence-corrected chi connectivity index (χ1v) is 8.11. The third-order valence-electron chi connectivity index (χ3n) is 4.30. The van der Waals surface area contributed by atoms with Crippen LogP contribution in [0.4, 0.5) is 0 Å². The molecule has 1 amide bonds. The maximum atomic E-state index is 12.3. The van der Waals surface area contributed by atoms with Gasteiger partial charge in [0.15, 0.2) is 0 Å². The predicted octanol–water partition coefficient (Wildman–Crippen LogP) is 0.829. The topological polar surface area (TPSA) is 58.8 Å². The van der Waals surface area contributed by atoms with Crippen LogP contribution in [0.15, 0.2) is 0 Å². The van der Waals surface area contributed by atoms with Gasteiger partial charge in [-0.25, -0.2) is 0 Å². The summed E-state index contributed by atoms with van der Waals surface area (Å²) in [6.07, 6.45) is 6.25. The van der Waals surface area contributed by atoms with Gasteiger partial charge in [0.05, 0.1) is 12.5 Å². The summed E-state index contributed by atoms with van der Waals surface area (Å²) >= 11 is 0. The molecule has 2 aliphatic heterocycles. The Labute approximate surface area is 122 Å².